The summed E-state index contributed by atoms with van der Waals surface area (Å²) < 4.78 is 1.06. The molecule has 2 N–H and O–H groups in total. The molecule has 1 fully saturated rings. The van der Waals surface area contributed by atoms with Gasteiger partial charge in [0.1, 0.15) is 5.82 Å². The molecule has 4 heteroatoms. The Hall–Kier alpha value is -1.26. The van der Waals surface area contributed by atoms with E-state index < -0.39 is 0 Å². The molecule has 1 heterocycles. The van der Waals surface area contributed by atoms with Gasteiger partial charge in [-0.2, -0.15) is 0 Å². The van der Waals surface area contributed by atoms with Crippen molar-refractivity contribution in [1.29, 1.82) is 0 Å². The van der Waals surface area contributed by atoms with Crippen LogP contribution in [0.25, 0.3) is 11.3 Å². The first kappa shape index (κ1) is 11.8. The van der Waals surface area contributed by atoms with Crippen LogP contribution in [-0.4, -0.2) is 16.5 Å². The van der Waals surface area contributed by atoms with Crippen LogP contribution in [-0.2, 0) is 5.41 Å². The van der Waals surface area contributed by atoms with E-state index in [1.807, 2.05) is 24.4 Å². The molecular formula is C14H14BrN3. The summed E-state index contributed by atoms with van der Waals surface area (Å²) in [6, 6.07) is 10.1. The minimum absolute atomic E-state index is 0.0437. The molecule has 0 amide bonds. The molecule has 0 spiro atoms. The van der Waals surface area contributed by atoms with Gasteiger partial charge >= 0.3 is 0 Å². The lowest BCUT2D eigenvalue weighted by molar-refractivity contribution is 0.649. The Balaban J connectivity index is 2.01. The molecule has 0 saturated heterocycles. The summed E-state index contributed by atoms with van der Waals surface area (Å²) in [6.45, 7) is 0.634. The maximum atomic E-state index is 5.83. The zero-order chi connectivity index (χ0) is 12.6. The molecule has 1 aromatic heterocycles. The molecule has 1 aliphatic rings. The molecule has 0 atom stereocenters. The van der Waals surface area contributed by atoms with Crippen molar-refractivity contribution in [3.63, 3.8) is 0 Å². The van der Waals surface area contributed by atoms with Crippen molar-refractivity contribution in [2.75, 3.05) is 6.54 Å². The van der Waals surface area contributed by atoms with Gasteiger partial charge in [0.2, 0.25) is 0 Å². The number of nitrogens with two attached hydrogens (primary N) is 1. The van der Waals surface area contributed by atoms with E-state index in [0.717, 1.165) is 34.4 Å². The topological polar surface area (TPSA) is 51.8 Å². The van der Waals surface area contributed by atoms with E-state index in [1.54, 1.807) is 0 Å². The van der Waals surface area contributed by atoms with Crippen molar-refractivity contribution in [2.24, 2.45) is 5.73 Å². The van der Waals surface area contributed by atoms with Crippen LogP contribution in [0.2, 0.25) is 0 Å². The zero-order valence-corrected chi connectivity index (χ0v) is 11.5. The molecule has 3 rings (SSSR count). The van der Waals surface area contributed by atoms with Crippen LogP contribution in [0.15, 0.2) is 41.0 Å². The average Bonchev–Trinajstić information content (AvgIpc) is 3.20. The van der Waals surface area contributed by atoms with Crippen LogP contribution in [0.1, 0.15) is 18.7 Å². The first-order valence-corrected chi connectivity index (χ1v) is 6.82. The van der Waals surface area contributed by atoms with Gasteiger partial charge in [0.25, 0.3) is 0 Å². The lowest BCUT2D eigenvalue weighted by atomic mass is 10.1. The molecule has 1 saturated carbocycles. The summed E-state index contributed by atoms with van der Waals surface area (Å²) in [5, 5.41) is 0. The number of nitrogens with zero attached hydrogens (tertiary/aromatic N) is 2. The number of hydrogen-bond acceptors (Lipinski definition) is 3. The lowest BCUT2D eigenvalue weighted by Crippen LogP contribution is -2.22. The van der Waals surface area contributed by atoms with E-state index in [1.165, 1.54) is 0 Å². The molecule has 1 aromatic carbocycles. The fourth-order valence-electron chi connectivity index (χ4n) is 2.09. The van der Waals surface area contributed by atoms with Gasteiger partial charge in [0.05, 0.1) is 5.69 Å². The van der Waals surface area contributed by atoms with E-state index in [4.69, 9.17) is 5.73 Å². The Labute approximate surface area is 115 Å². The largest absolute Gasteiger partial charge is 0.329 e. The number of rotatable bonds is 3. The smallest absolute Gasteiger partial charge is 0.136 e. The van der Waals surface area contributed by atoms with Crippen molar-refractivity contribution >= 4 is 15.9 Å². The summed E-state index contributed by atoms with van der Waals surface area (Å²) in [4.78, 5) is 9.07. The van der Waals surface area contributed by atoms with Gasteiger partial charge in [-0.1, -0.05) is 28.1 Å². The summed E-state index contributed by atoms with van der Waals surface area (Å²) in [6.07, 6.45) is 4.03. The number of halogens is 1. The predicted octanol–water partition coefficient (Wildman–Crippen LogP) is 2.90. The van der Waals surface area contributed by atoms with Crippen LogP contribution in [0.3, 0.4) is 0 Å². The first-order valence-electron chi connectivity index (χ1n) is 6.03. The Bertz CT molecular complexity index is 579. The van der Waals surface area contributed by atoms with E-state index in [0.29, 0.717) is 6.54 Å². The van der Waals surface area contributed by atoms with E-state index in [2.05, 4.69) is 38.0 Å². The molecule has 3 nitrogen and oxygen atoms in total. The van der Waals surface area contributed by atoms with Gasteiger partial charge < -0.3 is 5.73 Å². The monoisotopic (exact) mass is 303 g/mol. The minimum Gasteiger partial charge on any atom is -0.329 e. The second-order valence-electron chi connectivity index (χ2n) is 4.76. The van der Waals surface area contributed by atoms with Crippen LogP contribution < -0.4 is 5.73 Å². The number of hydrogen-bond donors (Lipinski definition) is 1. The molecule has 92 valence electrons. The Kier molecular flexibility index (Phi) is 2.92. The maximum Gasteiger partial charge on any atom is 0.136 e. The molecular weight excluding hydrogens is 290 g/mol. The minimum atomic E-state index is 0.0437. The molecule has 0 unspecified atom stereocenters. The van der Waals surface area contributed by atoms with Gasteiger partial charge in [-0.25, -0.2) is 9.97 Å². The van der Waals surface area contributed by atoms with Crippen LogP contribution in [0.4, 0.5) is 0 Å². The lowest BCUT2D eigenvalue weighted by Gasteiger charge is -2.11. The third-order valence-corrected chi connectivity index (χ3v) is 3.99. The molecule has 2 aromatic rings. The summed E-state index contributed by atoms with van der Waals surface area (Å²) in [7, 11) is 0. The first-order chi connectivity index (χ1) is 8.73. The van der Waals surface area contributed by atoms with Crippen molar-refractivity contribution in [3.8, 4) is 11.3 Å². The van der Waals surface area contributed by atoms with E-state index >= 15 is 0 Å². The fourth-order valence-corrected chi connectivity index (χ4v) is 2.49. The second kappa shape index (κ2) is 4.44. The third-order valence-electron chi connectivity index (χ3n) is 3.49. The summed E-state index contributed by atoms with van der Waals surface area (Å²) in [5.74, 6) is 0.891. The highest BCUT2D eigenvalue weighted by Gasteiger charge is 2.45. The van der Waals surface area contributed by atoms with Gasteiger partial charge in [-0.3, -0.25) is 0 Å². The van der Waals surface area contributed by atoms with Crippen molar-refractivity contribution in [1.82, 2.24) is 9.97 Å². The fraction of sp³-hybridized carbons (Fsp3) is 0.286. The van der Waals surface area contributed by atoms with Crippen molar-refractivity contribution in [3.05, 3.63) is 46.8 Å². The van der Waals surface area contributed by atoms with Crippen LogP contribution in [0.5, 0.6) is 0 Å². The number of benzene rings is 1. The normalized spacial score (nSPS) is 16.6. The highest BCUT2D eigenvalue weighted by molar-refractivity contribution is 9.10. The molecule has 0 bridgehead atoms. The quantitative estimate of drug-likeness (QED) is 0.948. The van der Waals surface area contributed by atoms with Gasteiger partial charge in [0.15, 0.2) is 0 Å². The third kappa shape index (κ3) is 2.06. The number of aromatic nitrogens is 2. The van der Waals surface area contributed by atoms with E-state index in [-0.39, 0.29) is 5.41 Å². The second-order valence-corrected chi connectivity index (χ2v) is 5.68. The average molecular weight is 304 g/mol. The Morgan fingerprint density at radius 2 is 2.11 bits per heavy atom. The van der Waals surface area contributed by atoms with Crippen molar-refractivity contribution in [2.45, 2.75) is 18.3 Å². The summed E-state index contributed by atoms with van der Waals surface area (Å²) in [5.41, 5.74) is 7.93. The van der Waals surface area contributed by atoms with E-state index in [9.17, 15) is 0 Å². The molecule has 0 radical (unpaired) electrons. The summed E-state index contributed by atoms with van der Waals surface area (Å²) >= 11 is 3.48. The molecule has 18 heavy (non-hydrogen) atoms. The van der Waals surface area contributed by atoms with Crippen molar-refractivity contribution < 1.29 is 0 Å². The Morgan fingerprint density at radius 1 is 1.28 bits per heavy atom. The van der Waals surface area contributed by atoms with Crippen LogP contribution >= 0.6 is 15.9 Å². The predicted molar refractivity (Wildman–Crippen MR) is 75.1 cm³/mol. The Morgan fingerprint density at radius 3 is 2.78 bits per heavy atom. The SMILES string of the molecule is NCC1(c2nccc(-c3cccc(Br)c3)n2)CC1. The van der Waals surface area contributed by atoms with Gasteiger partial charge in [-0.05, 0) is 31.0 Å². The molecule has 0 aliphatic heterocycles. The maximum absolute atomic E-state index is 5.83. The highest BCUT2D eigenvalue weighted by atomic mass is 79.9. The molecule has 1 aliphatic carbocycles. The zero-order valence-electron chi connectivity index (χ0n) is 9.94. The van der Waals surface area contributed by atoms with Crippen LogP contribution in [0, 0.1) is 0 Å². The standard InChI is InChI=1S/C14H14BrN3/c15-11-3-1-2-10(8-11)12-4-7-17-13(18-12)14(9-16)5-6-14/h1-4,7-8H,5-6,9,16H2. The van der Waals surface area contributed by atoms with Gasteiger partial charge in [0, 0.05) is 28.2 Å². The van der Waals surface area contributed by atoms with Gasteiger partial charge in [-0.15, -0.1) is 0 Å². The highest BCUT2D eigenvalue weighted by Crippen LogP contribution is 2.45.